The summed E-state index contributed by atoms with van der Waals surface area (Å²) in [7, 11) is -1.91. The molecule has 1 amide bonds. The van der Waals surface area contributed by atoms with Crippen molar-refractivity contribution < 1.29 is 31.0 Å². The van der Waals surface area contributed by atoms with Gasteiger partial charge in [0.2, 0.25) is 15.9 Å². The molecule has 0 spiro atoms. The number of sulfonamides is 1. The lowest BCUT2D eigenvalue weighted by molar-refractivity contribution is -0.125. The molecule has 0 aliphatic carbocycles. The lowest BCUT2D eigenvalue weighted by atomic mass is 9.73. The van der Waals surface area contributed by atoms with Crippen LogP contribution in [0, 0.1) is 0 Å². The van der Waals surface area contributed by atoms with E-state index in [2.05, 4.69) is 10.3 Å². The summed E-state index contributed by atoms with van der Waals surface area (Å²) in [6.07, 6.45) is 2.90. The van der Waals surface area contributed by atoms with E-state index in [1.807, 2.05) is 43.3 Å². The van der Waals surface area contributed by atoms with E-state index in [0.29, 0.717) is 44.1 Å². The average Bonchev–Trinajstić information content (AvgIpc) is 3.40. The lowest BCUT2D eigenvalue weighted by Crippen LogP contribution is -2.45. The average molecular weight is 558 g/mol. The highest BCUT2D eigenvalue weighted by Gasteiger charge is 2.42. The van der Waals surface area contributed by atoms with Crippen LogP contribution in [0.5, 0.6) is 5.75 Å². The highest BCUT2D eigenvalue weighted by atomic mass is 32.2. The fourth-order valence-electron chi connectivity index (χ4n) is 5.37. The largest absolute Gasteiger partial charge is 0.497 e. The van der Waals surface area contributed by atoms with Crippen LogP contribution in [0.2, 0.25) is 0 Å². The van der Waals surface area contributed by atoms with Gasteiger partial charge in [-0.15, -0.1) is 0 Å². The third-order valence-electron chi connectivity index (χ3n) is 7.66. The summed E-state index contributed by atoms with van der Waals surface area (Å²) in [6, 6.07) is 19.8. The fraction of sp³-hybridized carbons (Fsp3) is 0.379. The Balaban J connectivity index is 0.00000196. The summed E-state index contributed by atoms with van der Waals surface area (Å²) < 4.78 is 38.5. The van der Waals surface area contributed by atoms with Gasteiger partial charge in [-0.05, 0) is 74.6 Å². The van der Waals surface area contributed by atoms with E-state index in [0.717, 1.165) is 29.7 Å². The number of rotatable bonds is 7. The van der Waals surface area contributed by atoms with Gasteiger partial charge in [-0.25, -0.2) is 13.4 Å². The van der Waals surface area contributed by atoms with E-state index in [-0.39, 0.29) is 25.2 Å². The topological polar surface area (TPSA) is 129 Å². The van der Waals surface area contributed by atoms with E-state index in [4.69, 9.17) is 9.47 Å². The number of amides is 1. The second-order valence-corrected chi connectivity index (χ2v) is 11.8. The first-order chi connectivity index (χ1) is 18.3. The van der Waals surface area contributed by atoms with Gasteiger partial charge < -0.3 is 20.3 Å². The fourth-order valence-corrected chi connectivity index (χ4v) is 7.07. The molecule has 0 bridgehead atoms. The Morgan fingerprint density at radius 3 is 2.38 bits per heavy atom. The number of hydrogen-bond donors (Lipinski definition) is 1. The van der Waals surface area contributed by atoms with Crippen LogP contribution >= 0.6 is 0 Å². The van der Waals surface area contributed by atoms with Gasteiger partial charge in [-0.3, -0.25) is 4.79 Å². The third kappa shape index (κ3) is 5.69. The molecular formula is C29H39N3O6S. The maximum absolute atomic E-state index is 13.7. The number of methoxy groups -OCH3 is 1. The molecule has 212 valence electrons. The molecule has 3 N–H and O–H groups in total. The number of hydrogen-bond acceptors (Lipinski definition) is 6. The molecule has 9 nitrogen and oxygen atoms in total. The van der Waals surface area contributed by atoms with Crippen molar-refractivity contribution in [3.63, 3.8) is 0 Å². The van der Waals surface area contributed by atoms with Crippen LogP contribution in [-0.4, -0.2) is 62.0 Å². The van der Waals surface area contributed by atoms with Gasteiger partial charge in [-0.1, -0.05) is 30.3 Å². The molecular weight excluding hydrogens is 518 g/mol. The number of benzene rings is 2. The molecule has 39 heavy (non-hydrogen) atoms. The van der Waals surface area contributed by atoms with Gasteiger partial charge in [0.25, 0.3) is 0 Å². The zero-order valence-electron chi connectivity index (χ0n) is 22.2. The number of carbonyl (C=O) groups excluding carboxylic acids is 1. The van der Waals surface area contributed by atoms with E-state index >= 15 is 0 Å². The van der Waals surface area contributed by atoms with Gasteiger partial charge in [0.1, 0.15) is 11.6 Å². The van der Waals surface area contributed by atoms with Crippen LogP contribution in [0.15, 0.2) is 71.6 Å². The maximum atomic E-state index is 13.7. The van der Waals surface area contributed by atoms with Crippen molar-refractivity contribution in [2.75, 3.05) is 32.2 Å². The molecule has 10 heteroatoms. The van der Waals surface area contributed by atoms with Crippen molar-refractivity contribution in [2.45, 2.75) is 49.0 Å². The van der Waals surface area contributed by atoms with Crippen LogP contribution in [0.25, 0.3) is 11.3 Å². The molecule has 5 rings (SSSR count). The summed E-state index contributed by atoms with van der Waals surface area (Å²) in [4.78, 5) is 18.6. The first-order valence-electron chi connectivity index (χ1n) is 13.0. The van der Waals surface area contributed by atoms with Gasteiger partial charge in [0, 0.05) is 34.2 Å². The highest BCUT2D eigenvalue weighted by Crippen LogP contribution is 2.37. The molecule has 3 aromatic rings. The van der Waals surface area contributed by atoms with Crippen molar-refractivity contribution in [3.8, 4) is 17.0 Å². The van der Waals surface area contributed by atoms with Crippen LogP contribution in [0.4, 0.5) is 5.82 Å². The molecule has 0 unspecified atom stereocenters. The number of pyridine rings is 1. The van der Waals surface area contributed by atoms with Crippen LogP contribution in [-0.2, 0) is 25.0 Å². The van der Waals surface area contributed by atoms with Gasteiger partial charge >= 0.3 is 0 Å². The predicted molar refractivity (Wildman–Crippen MR) is 153 cm³/mol. The number of nitrogens with one attached hydrogen (secondary N) is 1. The summed E-state index contributed by atoms with van der Waals surface area (Å²) in [6.45, 7) is 3.50. The zero-order chi connectivity index (χ0) is 26.8. The minimum Gasteiger partial charge on any atom is -0.497 e. The van der Waals surface area contributed by atoms with Gasteiger partial charge in [0.15, 0.2) is 0 Å². The molecule has 2 aliphatic rings. The number of anilines is 1. The standard InChI is InChI=1S/C29H33N3O5S.H2O.2H2/c1-21-5-4-18-32(21)38(34,35)25-14-8-22(9-15-25)26-6-3-7-27(30-26)31-28(33)29(16-19-37-20-17-29)23-10-12-24(36-2)13-11-23;;;/h3,6-15,21H,4-5,16-20H2,1-2H3,(H,30,31,33);1H2;2*1H/t21-;;;/m0.../s1. The molecule has 2 saturated heterocycles. The normalized spacial score (nSPS) is 19.2. The Morgan fingerprint density at radius 2 is 1.77 bits per heavy atom. The van der Waals surface area contributed by atoms with E-state index in [9.17, 15) is 13.2 Å². The van der Waals surface area contributed by atoms with E-state index in [1.165, 1.54) is 0 Å². The van der Waals surface area contributed by atoms with Gasteiger partial charge in [-0.2, -0.15) is 4.31 Å². The second-order valence-electron chi connectivity index (χ2n) is 9.92. The number of carbonyl (C=O) groups is 1. The van der Waals surface area contributed by atoms with Crippen molar-refractivity contribution in [1.82, 2.24) is 9.29 Å². The molecule has 1 atom stereocenters. The van der Waals surface area contributed by atoms with Crippen molar-refractivity contribution >= 4 is 21.7 Å². The quantitative estimate of drug-likeness (QED) is 0.462. The van der Waals surface area contributed by atoms with E-state index in [1.54, 1.807) is 41.7 Å². The first-order valence-corrected chi connectivity index (χ1v) is 14.4. The second kappa shape index (κ2) is 11.8. The molecule has 0 saturated carbocycles. The monoisotopic (exact) mass is 557 g/mol. The minimum absolute atomic E-state index is 0. The number of ether oxygens (including phenoxy) is 2. The molecule has 3 heterocycles. The molecule has 2 fully saturated rings. The summed E-state index contributed by atoms with van der Waals surface area (Å²) in [5, 5.41) is 3.03. The SMILES string of the molecule is COc1ccc(C2(C(=O)Nc3cccc(-c4ccc(S(=O)(=O)N5CCC[C@@H]5C)cc4)n3)CCOCC2)cc1.O.[HH].[HH]. The highest BCUT2D eigenvalue weighted by molar-refractivity contribution is 7.89. The zero-order valence-corrected chi connectivity index (χ0v) is 23.0. The van der Waals surface area contributed by atoms with Gasteiger partial charge in [0.05, 0.1) is 23.1 Å². The van der Waals surface area contributed by atoms with Crippen LogP contribution in [0.3, 0.4) is 0 Å². The molecule has 0 radical (unpaired) electrons. The Morgan fingerprint density at radius 1 is 1.08 bits per heavy atom. The maximum Gasteiger partial charge on any atom is 0.243 e. The predicted octanol–water partition coefficient (Wildman–Crippen LogP) is 4.28. The minimum atomic E-state index is -3.52. The lowest BCUT2D eigenvalue weighted by Gasteiger charge is -2.36. The summed E-state index contributed by atoms with van der Waals surface area (Å²) in [5.41, 5.74) is 1.60. The molecule has 2 aliphatic heterocycles. The Labute approximate surface area is 232 Å². The van der Waals surface area contributed by atoms with Crippen LogP contribution in [0.1, 0.15) is 41.0 Å². The number of aromatic nitrogens is 1. The number of nitrogens with zero attached hydrogens (tertiary/aromatic N) is 2. The Bertz CT molecular complexity index is 1400. The van der Waals surface area contributed by atoms with Crippen molar-refractivity contribution in [1.29, 1.82) is 0 Å². The van der Waals surface area contributed by atoms with Crippen molar-refractivity contribution in [3.05, 3.63) is 72.3 Å². The summed E-state index contributed by atoms with van der Waals surface area (Å²) >= 11 is 0. The smallest absolute Gasteiger partial charge is 0.243 e. The van der Waals surface area contributed by atoms with Crippen molar-refractivity contribution in [2.24, 2.45) is 0 Å². The third-order valence-corrected chi connectivity index (χ3v) is 9.69. The molecule has 1 aromatic heterocycles. The molecule has 2 aromatic carbocycles. The first kappa shape index (κ1) is 28.7. The Kier molecular flexibility index (Phi) is 8.70. The van der Waals surface area contributed by atoms with E-state index < -0.39 is 15.4 Å². The Hall–Kier alpha value is -3.31. The summed E-state index contributed by atoms with van der Waals surface area (Å²) in [5.74, 6) is 1.05. The van der Waals surface area contributed by atoms with Crippen LogP contribution < -0.4 is 10.1 Å².